The highest BCUT2D eigenvalue weighted by molar-refractivity contribution is 5.93. The minimum absolute atomic E-state index is 0.139. The summed E-state index contributed by atoms with van der Waals surface area (Å²) >= 11 is 0. The van der Waals surface area contributed by atoms with Gasteiger partial charge in [-0.1, -0.05) is 109 Å². The van der Waals surface area contributed by atoms with Gasteiger partial charge in [0.1, 0.15) is 0 Å². The largest absolute Gasteiger partial charge is 0.479 e. The van der Waals surface area contributed by atoms with Crippen LogP contribution in [0, 0.1) is 0 Å². The van der Waals surface area contributed by atoms with E-state index < -0.39 is 24.0 Å². The normalized spacial score (nSPS) is 12.4. The van der Waals surface area contributed by atoms with Gasteiger partial charge >= 0.3 is 5.97 Å². The van der Waals surface area contributed by atoms with Gasteiger partial charge in [0.05, 0.1) is 5.69 Å². The Labute approximate surface area is 232 Å². The number of aliphatic hydroxyl groups excluding tert-OH is 1. The molecule has 0 aliphatic carbocycles. The molecule has 1 aromatic heterocycles. The lowest BCUT2D eigenvalue weighted by Gasteiger charge is -2.20. The number of rotatable bonds is 10. The van der Waals surface area contributed by atoms with E-state index in [2.05, 4.69) is 15.5 Å². The smallest absolute Gasteiger partial charge is 0.332 e. The second-order valence-corrected chi connectivity index (χ2v) is 9.64. The van der Waals surface area contributed by atoms with Crippen molar-refractivity contribution in [3.63, 3.8) is 0 Å². The van der Waals surface area contributed by atoms with Crippen LogP contribution in [0.1, 0.15) is 22.5 Å². The molecular formula is C33H29N3O4. The molecule has 0 saturated carbocycles. The molecule has 7 nitrogen and oxygen atoms in total. The van der Waals surface area contributed by atoms with E-state index in [1.807, 2.05) is 109 Å². The van der Waals surface area contributed by atoms with Crippen LogP contribution in [0.4, 0.5) is 0 Å². The highest BCUT2D eigenvalue weighted by Gasteiger charge is 2.23. The fraction of sp³-hybridized carbons (Fsp3) is 0.121. The Morgan fingerprint density at radius 3 is 1.77 bits per heavy atom. The number of aromatic amines is 1. The Morgan fingerprint density at radius 2 is 1.23 bits per heavy atom. The second kappa shape index (κ2) is 12.2. The SMILES string of the molecule is O=C(NC(Cc1ccc(-c2ccccc2)cc1)C[C@@H](O)C(=O)O)c1cc(-c2ccc(-c3ccccc3)cc2)[nH]n1. The third-order valence-electron chi connectivity index (χ3n) is 6.78. The Hall–Kier alpha value is -5.01. The number of aliphatic hydroxyl groups is 1. The van der Waals surface area contributed by atoms with E-state index in [-0.39, 0.29) is 12.1 Å². The molecule has 1 amide bonds. The number of benzene rings is 4. The Kier molecular flexibility index (Phi) is 8.13. The maximum absolute atomic E-state index is 13.1. The van der Waals surface area contributed by atoms with Gasteiger partial charge in [-0.2, -0.15) is 5.10 Å². The molecule has 2 atom stereocenters. The highest BCUT2D eigenvalue weighted by atomic mass is 16.4. The third kappa shape index (κ3) is 6.51. The molecule has 40 heavy (non-hydrogen) atoms. The van der Waals surface area contributed by atoms with Crippen LogP contribution < -0.4 is 5.32 Å². The van der Waals surface area contributed by atoms with Gasteiger partial charge in [-0.25, -0.2) is 4.79 Å². The monoisotopic (exact) mass is 531 g/mol. The lowest BCUT2D eigenvalue weighted by molar-refractivity contribution is -0.147. The van der Waals surface area contributed by atoms with Crippen LogP contribution in [0.2, 0.25) is 0 Å². The van der Waals surface area contributed by atoms with E-state index in [0.717, 1.165) is 33.4 Å². The lowest BCUT2D eigenvalue weighted by Crippen LogP contribution is -2.40. The molecule has 5 aromatic rings. The Morgan fingerprint density at radius 1 is 0.725 bits per heavy atom. The first-order valence-corrected chi connectivity index (χ1v) is 13.0. The van der Waals surface area contributed by atoms with Crippen molar-refractivity contribution in [3.05, 3.63) is 127 Å². The van der Waals surface area contributed by atoms with Crippen LogP contribution in [0.25, 0.3) is 33.5 Å². The summed E-state index contributed by atoms with van der Waals surface area (Å²) in [6.45, 7) is 0. The predicted molar refractivity (Wildman–Crippen MR) is 155 cm³/mol. The molecule has 7 heteroatoms. The van der Waals surface area contributed by atoms with Crippen molar-refractivity contribution in [2.45, 2.75) is 25.0 Å². The number of nitrogens with zero attached hydrogens (tertiary/aromatic N) is 1. The van der Waals surface area contributed by atoms with Crippen LogP contribution in [0.15, 0.2) is 115 Å². The molecular weight excluding hydrogens is 502 g/mol. The van der Waals surface area contributed by atoms with E-state index in [9.17, 15) is 19.8 Å². The number of carboxylic acids is 1. The zero-order chi connectivity index (χ0) is 27.9. The van der Waals surface area contributed by atoms with Crippen molar-refractivity contribution in [1.29, 1.82) is 0 Å². The zero-order valence-electron chi connectivity index (χ0n) is 21.7. The summed E-state index contributed by atoms with van der Waals surface area (Å²) in [4.78, 5) is 24.4. The summed E-state index contributed by atoms with van der Waals surface area (Å²) in [5.41, 5.74) is 6.98. The number of carbonyl (C=O) groups excluding carboxylic acids is 1. The number of carboxylic acid groups (broad SMARTS) is 1. The average molecular weight is 532 g/mol. The molecule has 5 rings (SSSR count). The van der Waals surface area contributed by atoms with E-state index in [0.29, 0.717) is 12.1 Å². The highest BCUT2D eigenvalue weighted by Crippen LogP contribution is 2.24. The van der Waals surface area contributed by atoms with Gasteiger partial charge in [-0.15, -0.1) is 0 Å². The first kappa shape index (κ1) is 26.6. The Balaban J connectivity index is 1.28. The molecule has 0 aliphatic rings. The van der Waals surface area contributed by atoms with Crippen molar-refractivity contribution >= 4 is 11.9 Å². The van der Waals surface area contributed by atoms with Crippen LogP contribution in [0.5, 0.6) is 0 Å². The number of hydrogen-bond donors (Lipinski definition) is 4. The minimum atomic E-state index is -1.60. The Bertz CT molecular complexity index is 1560. The topological polar surface area (TPSA) is 115 Å². The van der Waals surface area contributed by atoms with Crippen molar-refractivity contribution in [3.8, 4) is 33.5 Å². The fourth-order valence-electron chi connectivity index (χ4n) is 4.63. The number of nitrogens with one attached hydrogen (secondary N) is 2. The lowest BCUT2D eigenvalue weighted by atomic mass is 9.97. The van der Waals surface area contributed by atoms with E-state index in [1.54, 1.807) is 6.07 Å². The summed E-state index contributed by atoms with van der Waals surface area (Å²) in [6, 6.07) is 36.9. The van der Waals surface area contributed by atoms with Crippen molar-refractivity contribution in [2.75, 3.05) is 0 Å². The predicted octanol–water partition coefficient (Wildman–Crippen LogP) is 5.59. The van der Waals surface area contributed by atoms with Crippen LogP contribution >= 0.6 is 0 Å². The molecule has 0 aliphatic heterocycles. The first-order valence-electron chi connectivity index (χ1n) is 13.0. The van der Waals surface area contributed by atoms with Gasteiger partial charge in [0.15, 0.2) is 11.8 Å². The van der Waals surface area contributed by atoms with Crippen LogP contribution in [0.3, 0.4) is 0 Å². The summed E-state index contributed by atoms with van der Waals surface area (Å²) in [5.74, 6) is -1.79. The fourth-order valence-corrected chi connectivity index (χ4v) is 4.63. The summed E-state index contributed by atoms with van der Waals surface area (Å²) < 4.78 is 0. The number of aliphatic carboxylic acids is 1. The summed E-state index contributed by atoms with van der Waals surface area (Å²) in [6.07, 6.45) is -1.39. The molecule has 4 N–H and O–H groups in total. The number of amides is 1. The van der Waals surface area contributed by atoms with Crippen LogP contribution in [-0.4, -0.2) is 44.4 Å². The summed E-state index contributed by atoms with van der Waals surface area (Å²) in [5, 5.41) is 29.2. The zero-order valence-corrected chi connectivity index (χ0v) is 21.7. The molecule has 1 unspecified atom stereocenters. The maximum atomic E-state index is 13.1. The molecule has 200 valence electrons. The molecule has 0 bridgehead atoms. The van der Waals surface area contributed by atoms with Gasteiger partial charge in [0.25, 0.3) is 5.91 Å². The van der Waals surface area contributed by atoms with E-state index in [1.165, 1.54) is 0 Å². The van der Waals surface area contributed by atoms with E-state index in [4.69, 9.17) is 0 Å². The van der Waals surface area contributed by atoms with Gasteiger partial charge in [0.2, 0.25) is 0 Å². The van der Waals surface area contributed by atoms with Gasteiger partial charge in [-0.05, 0) is 45.9 Å². The number of H-pyrrole nitrogens is 1. The number of aromatic nitrogens is 2. The van der Waals surface area contributed by atoms with Crippen LogP contribution in [-0.2, 0) is 11.2 Å². The number of hydrogen-bond acceptors (Lipinski definition) is 4. The molecule has 1 heterocycles. The average Bonchev–Trinajstić information content (AvgIpc) is 3.49. The van der Waals surface area contributed by atoms with Crippen molar-refractivity contribution < 1.29 is 19.8 Å². The van der Waals surface area contributed by atoms with Crippen molar-refractivity contribution in [2.24, 2.45) is 0 Å². The van der Waals surface area contributed by atoms with Gasteiger partial charge in [-0.3, -0.25) is 9.89 Å². The van der Waals surface area contributed by atoms with Gasteiger partial charge in [0, 0.05) is 12.5 Å². The quantitative estimate of drug-likeness (QED) is 0.188. The molecule has 0 spiro atoms. The third-order valence-corrected chi connectivity index (χ3v) is 6.78. The first-order chi connectivity index (χ1) is 19.5. The molecule has 0 radical (unpaired) electrons. The van der Waals surface area contributed by atoms with Crippen molar-refractivity contribution in [1.82, 2.24) is 15.5 Å². The minimum Gasteiger partial charge on any atom is -0.479 e. The van der Waals surface area contributed by atoms with E-state index >= 15 is 0 Å². The molecule has 0 fully saturated rings. The maximum Gasteiger partial charge on any atom is 0.332 e. The van der Waals surface area contributed by atoms with Gasteiger partial charge < -0.3 is 15.5 Å². The molecule has 4 aromatic carbocycles. The molecule has 0 saturated heterocycles. The number of carbonyl (C=O) groups is 2. The standard InChI is InChI=1S/C33H29N3O4/c37-31(33(39)40)20-28(19-22-11-13-25(14-12-22)23-7-3-1-4-8-23)34-32(38)30-21-29(35-36-30)27-17-15-26(16-18-27)24-9-5-2-6-10-24/h1-18,21,28,31,37H,19-20H2,(H,34,38)(H,35,36)(H,39,40)/t28?,31-/m1/s1. The summed E-state index contributed by atoms with van der Waals surface area (Å²) in [7, 11) is 0. The second-order valence-electron chi connectivity index (χ2n) is 9.64.